The first-order valence-electron chi connectivity index (χ1n) is 4.05. The number of nitrogen functional groups attached to an aromatic ring is 1. The van der Waals surface area contributed by atoms with Gasteiger partial charge in [0.2, 0.25) is 10.7 Å². The maximum Gasteiger partial charge on any atom is 0.249 e. The Bertz CT molecular complexity index is 454. The van der Waals surface area contributed by atoms with E-state index >= 15 is 0 Å². The summed E-state index contributed by atoms with van der Waals surface area (Å²) in [4.78, 5) is 15.2. The van der Waals surface area contributed by atoms with E-state index in [1.807, 2.05) is 0 Å². The third-order valence-corrected chi connectivity index (χ3v) is 2.18. The highest BCUT2D eigenvalue weighted by Crippen LogP contribution is 2.14. The first kappa shape index (κ1) is 8.95. The van der Waals surface area contributed by atoms with Gasteiger partial charge in [-0.2, -0.15) is 0 Å². The number of amides is 1. The first-order valence-corrected chi connectivity index (χ1v) is 4.46. The number of fused-ring (bicyclic) bond motifs is 1. The second kappa shape index (κ2) is 2.95. The quantitative estimate of drug-likeness (QED) is 0.529. The lowest BCUT2D eigenvalue weighted by Gasteiger charge is -2.25. The highest BCUT2D eigenvalue weighted by Gasteiger charge is 2.21. The average Bonchev–Trinajstić information content (AvgIpc) is 2.08. The van der Waals surface area contributed by atoms with Crippen molar-refractivity contribution in [2.75, 3.05) is 16.5 Å². The number of rotatable bonds is 0. The van der Waals surface area contributed by atoms with Crippen molar-refractivity contribution in [3.8, 4) is 0 Å². The summed E-state index contributed by atoms with van der Waals surface area (Å²) >= 11 is 4.98. The third-order valence-electron chi connectivity index (χ3n) is 1.91. The summed E-state index contributed by atoms with van der Waals surface area (Å²) in [6.07, 6.45) is 0. The zero-order chi connectivity index (χ0) is 10.3. The van der Waals surface area contributed by atoms with Gasteiger partial charge in [-0.25, -0.2) is 9.66 Å². The molecule has 0 saturated heterocycles. The number of aromatic nitrogens is 2. The molecule has 1 amide bonds. The Kier molecular flexibility index (Phi) is 1.88. The number of carbonyl (C=O) groups is 1. The summed E-state index contributed by atoms with van der Waals surface area (Å²) in [5.74, 6) is 0.688. The van der Waals surface area contributed by atoms with Gasteiger partial charge >= 0.3 is 0 Å². The van der Waals surface area contributed by atoms with Crippen molar-refractivity contribution < 1.29 is 4.79 Å². The minimum Gasteiger partial charge on any atom is -0.383 e. The van der Waals surface area contributed by atoms with E-state index in [1.54, 1.807) is 13.0 Å². The summed E-state index contributed by atoms with van der Waals surface area (Å²) in [7, 11) is 0. The molecule has 4 N–H and O–H groups in total. The third kappa shape index (κ3) is 1.31. The van der Waals surface area contributed by atoms with Crippen LogP contribution in [-0.2, 0) is 4.79 Å². The molecule has 7 heteroatoms. The molecule has 74 valence electrons. The van der Waals surface area contributed by atoms with Crippen LogP contribution in [0.15, 0.2) is 6.07 Å². The maximum atomic E-state index is 11.3. The van der Waals surface area contributed by atoms with Gasteiger partial charge in [0, 0.05) is 6.07 Å². The lowest BCUT2D eigenvalue weighted by Crippen LogP contribution is -2.43. The highest BCUT2D eigenvalue weighted by atomic mass is 32.1. The van der Waals surface area contributed by atoms with Gasteiger partial charge in [-0.05, 0) is 19.1 Å². The monoisotopic (exact) mass is 211 g/mol. The molecule has 6 nitrogen and oxygen atoms in total. The second-order valence-corrected chi connectivity index (χ2v) is 3.39. The smallest absolute Gasteiger partial charge is 0.249 e. The van der Waals surface area contributed by atoms with E-state index in [0.29, 0.717) is 10.6 Å². The number of anilines is 2. The fourth-order valence-corrected chi connectivity index (χ4v) is 1.46. The predicted molar refractivity (Wildman–Crippen MR) is 54.9 cm³/mol. The lowest BCUT2D eigenvalue weighted by molar-refractivity contribution is -0.117. The molecule has 2 heterocycles. The minimum absolute atomic E-state index is 0.120. The summed E-state index contributed by atoms with van der Waals surface area (Å²) in [6.45, 7) is 1.73. The predicted octanol–water partition coefficient (Wildman–Crippen LogP) is 0.0789. The van der Waals surface area contributed by atoms with Crippen LogP contribution in [0.25, 0.3) is 0 Å². The second-order valence-electron chi connectivity index (χ2n) is 3.02. The van der Waals surface area contributed by atoms with Crippen molar-refractivity contribution in [1.82, 2.24) is 9.66 Å². The summed E-state index contributed by atoms with van der Waals surface area (Å²) in [6, 6.07) is 1.21. The zero-order valence-electron chi connectivity index (χ0n) is 7.44. The number of hydrogen-bond donors (Lipinski definition) is 3. The Morgan fingerprint density at radius 3 is 3.14 bits per heavy atom. The molecule has 0 saturated carbocycles. The Morgan fingerprint density at radius 2 is 2.43 bits per heavy atom. The topological polar surface area (TPSA) is 85.0 Å². The molecule has 1 aliphatic rings. The van der Waals surface area contributed by atoms with E-state index in [2.05, 4.69) is 15.7 Å². The van der Waals surface area contributed by atoms with Crippen LogP contribution in [0.5, 0.6) is 0 Å². The molecule has 0 spiro atoms. The summed E-state index contributed by atoms with van der Waals surface area (Å²) < 4.78 is 1.82. The molecule has 2 rings (SSSR count). The largest absolute Gasteiger partial charge is 0.383 e. The van der Waals surface area contributed by atoms with Gasteiger partial charge in [0.05, 0.1) is 0 Å². The van der Waals surface area contributed by atoms with Crippen LogP contribution in [0.3, 0.4) is 0 Å². The van der Waals surface area contributed by atoms with Crippen molar-refractivity contribution >= 4 is 29.8 Å². The molecule has 0 fully saturated rings. The van der Waals surface area contributed by atoms with Crippen LogP contribution in [0.1, 0.15) is 6.92 Å². The lowest BCUT2D eigenvalue weighted by atomic mass is 10.3. The van der Waals surface area contributed by atoms with Crippen molar-refractivity contribution in [3.63, 3.8) is 0 Å². The van der Waals surface area contributed by atoms with E-state index in [1.165, 1.54) is 4.68 Å². The maximum absolute atomic E-state index is 11.3. The van der Waals surface area contributed by atoms with Gasteiger partial charge in [0.1, 0.15) is 17.7 Å². The highest BCUT2D eigenvalue weighted by molar-refractivity contribution is 7.71. The fraction of sp³-hybridized carbons (Fsp3) is 0.286. The van der Waals surface area contributed by atoms with E-state index in [9.17, 15) is 4.79 Å². The SMILES string of the molecule is CC1Nn2c(cc(N)nc2=S)NC1=O. The van der Waals surface area contributed by atoms with Gasteiger partial charge in [-0.15, -0.1) is 0 Å². The van der Waals surface area contributed by atoms with Gasteiger partial charge in [0.25, 0.3) is 0 Å². The number of nitrogens with two attached hydrogens (primary N) is 1. The van der Waals surface area contributed by atoms with Crippen molar-refractivity contribution in [2.24, 2.45) is 0 Å². The molecular formula is C7H9N5OS. The number of hydrogen-bond acceptors (Lipinski definition) is 5. The first-order chi connectivity index (χ1) is 6.58. The standard InChI is InChI=1S/C7H9N5OS/c1-3-6(13)10-5-2-4(8)9-7(14)12(5)11-3/h2-3,11H,1H3,(H,10,13)(H2,8,9,14). The molecule has 14 heavy (non-hydrogen) atoms. The van der Waals surface area contributed by atoms with Crippen molar-refractivity contribution in [2.45, 2.75) is 13.0 Å². The molecule has 1 atom stereocenters. The van der Waals surface area contributed by atoms with Crippen LogP contribution in [-0.4, -0.2) is 21.6 Å². The molecule has 1 aliphatic heterocycles. The normalized spacial score (nSPS) is 19.5. The van der Waals surface area contributed by atoms with E-state index < -0.39 is 0 Å². The molecule has 0 radical (unpaired) electrons. The van der Waals surface area contributed by atoms with Crippen LogP contribution in [0.4, 0.5) is 11.6 Å². The van der Waals surface area contributed by atoms with E-state index in [-0.39, 0.29) is 17.8 Å². The molecule has 0 aromatic carbocycles. The molecule has 1 unspecified atom stereocenters. The Hall–Kier alpha value is -1.63. The van der Waals surface area contributed by atoms with Crippen molar-refractivity contribution in [1.29, 1.82) is 0 Å². The molecular weight excluding hydrogens is 202 g/mol. The average molecular weight is 211 g/mol. The fourth-order valence-electron chi connectivity index (χ4n) is 1.20. The van der Waals surface area contributed by atoms with E-state index in [4.69, 9.17) is 18.0 Å². The Labute approximate surface area is 85.1 Å². The Balaban J connectivity index is 2.57. The molecule has 1 aromatic rings. The minimum atomic E-state index is -0.334. The van der Waals surface area contributed by atoms with E-state index in [0.717, 1.165) is 0 Å². The Morgan fingerprint density at radius 1 is 1.71 bits per heavy atom. The number of carbonyl (C=O) groups excluding carboxylic acids is 1. The molecule has 0 bridgehead atoms. The van der Waals surface area contributed by atoms with Gasteiger partial charge < -0.3 is 16.5 Å². The van der Waals surface area contributed by atoms with Crippen molar-refractivity contribution in [3.05, 3.63) is 10.8 Å². The zero-order valence-corrected chi connectivity index (χ0v) is 8.26. The molecule has 1 aromatic heterocycles. The summed E-state index contributed by atoms with van der Waals surface area (Å²) in [5.41, 5.74) is 8.38. The van der Waals surface area contributed by atoms with Crippen LogP contribution in [0.2, 0.25) is 0 Å². The number of nitrogens with one attached hydrogen (secondary N) is 2. The van der Waals surface area contributed by atoms with Crippen LogP contribution >= 0.6 is 12.2 Å². The van der Waals surface area contributed by atoms with Gasteiger partial charge in [0.15, 0.2) is 0 Å². The molecule has 0 aliphatic carbocycles. The summed E-state index contributed by atoms with van der Waals surface area (Å²) in [5, 5.41) is 2.67. The van der Waals surface area contributed by atoms with Gasteiger partial charge in [-0.1, -0.05) is 0 Å². The van der Waals surface area contributed by atoms with Crippen LogP contribution < -0.4 is 16.5 Å². The van der Waals surface area contributed by atoms with Crippen LogP contribution in [0, 0.1) is 4.77 Å². The van der Waals surface area contributed by atoms with Gasteiger partial charge in [-0.3, -0.25) is 4.79 Å². The number of nitrogens with zero attached hydrogens (tertiary/aromatic N) is 2.